The van der Waals surface area contributed by atoms with Crippen LogP contribution < -0.4 is 10.2 Å². The summed E-state index contributed by atoms with van der Waals surface area (Å²) < 4.78 is 28.5. The second-order valence-electron chi connectivity index (χ2n) is 6.06. The van der Waals surface area contributed by atoms with E-state index in [0.717, 1.165) is 25.9 Å². The van der Waals surface area contributed by atoms with Gasteiger partial charge in [0.1, 0.15) is 0 Å². The zero-order valence-electron chi connectivity index (χ0n) is 15.2. The average Bonchev–Trinajstić information content (AvgIpc) is 2.96. The van der Waals surface area contributed by atoms with Crippen LogP contribution in [0.1, 0.15) is 6.92 Å². The Balaban J connectivity index is 1.73. The molecule has 1 aromatic heterocycles. The van der Waals surface area contributed by atoms with Gasteiger partial charge in [-0.1, -0.05) is 22.9 Å². The fourth-order valence-electron chi connectivity index (χ4n) is 2.72. The van der Waals surface area contributed by atoms with Gasteiger partial charge in [0.2, 0.25) is 15.9 Å². The van der Waals surface area contributed by atoms with Gasteiger partial charge in [-0.2, -0.15) is 4.31 Å². The number of nitrogens with one attached hydrogen (secondary N) is 1. The molecule has 0 unspecified atom stereocenters. The van der Waals surface area contributed by atoms with Crippen molar-refractivity contribution >= 4 is 54.8 Å². The molecule has 0 saturated carbocycles. The van der Waals surface area contributed by atoms with E-state index in [4.69, 9.17) is 11.6 Å². The summed E-state index contributed by atoms with van der Waals surface area (Å²) in [6.45, 7) is 2.10. The number of carbonyl (C=O) groups excluding carboxylic acids is 1. The maximum absolute atomic E-state index is 12.5. The highest BCUT2D eigenvalue weighted by Crippen LogP contribution is 2.22. The van der Waals surface area contributed by atoms with Gasteiger partial charge in [0.15, 0.2) is 0 Å². The monoisotopic (exact) mass is 439 g/mol. The van der Waals surface area contributed by atoms with Crippen molar-refractivity contribution in [3.05, 3.63) is 57.2 Å². The Labute approximate surface area is 171 Å². The normalized spacial score (nSPS) is 11.9. The first-order valence-electron chi connectivity index (χ1n) is 8.37. The maximum atomic E-state index is 12.5. The second kappa shape index (κ2) is 8.04. The number of likely N-dealkylation sites (N-methyl/N-ethyl adjacent to an activating group) is 1. The number of nitrogens with zero attached hydrogens (tertiary/aromatic N) is 2. The lowest BCUT2D eigenvalue weighted by Crippen LogP contribution is -2.34. The highest BCUT2D eigenvalue weighted by atomic mass is 35.5. The molecule has 1 heterocycles. The summed E-state index contributed by atoms with van der Waals surface area (Å²) in [6.07, 6.45) is 0. The number of hydrogen-bond acceptors (Lipinski definition) is 5. The third-order valence-corrected chi connectivity index (χ3v) is 7.17. The Morgan fingerprint density at radius 3 is 2.54 bits per heavy atom. The first kappa shape index (κ1) is 20.5. The Morgan fingerprint density at radius 2 is 1.89 bits per heavy atom. The molecule has 0 aliphatic carbocycles. The molecule has 28 heavy (non-hydrogen) atoms. The molecule has 0 aliphatic rings. The Morgan fingerprint density at radius 1 is 1.21 bits per heavy atom. The van der Waals surface area contributed by atoms with E-state index in [9.17, 15) is 18.0 Å². The summed E-state index contributed by atoms with van der Waals surface area (Å²) in [4.78, 5) is 24.2. The van der Waals surface area contributed by atoms with Crippen LogP contribution in [0.4, 0.5) is 5.69 Å². The van der Waals surface area contributed by atoms with E-state index < -0.39 is 15.9 Å². The van der Waals surface area contributed by atoms with Crippen molar-refractivity contribution in [1.29, 1.82) is 0 Å². The standard InChI is InChI=1S/C18H18ClN3O4S2/c1-3-22-15-9-6-13(10-16(15)27-18(22)24)20-17(23)11-21(2)28(25,26)14-7-4-12(19)5-8-14/h4-10H,3,11H2,1-2H3,(H,20,23). The summed E-state index contributed by atoms with van der Waals surface area (Å²) >= 11 is 6.89. The number of carbonyl (C=O) groups is 1. The fraction of sp³-hybridized carbons (Fsp3) is 0.222. The minimum Gasteiger partial charge on any atom is -0.325 e. The van der Waals surface area contributed by atoms with E-state index in [0.29, 0.717) is 17.3 Å². The fourth-order valence-corrected chi connectivity index (χ4v) is 4.97. The molecule has 7 nitrogen and oxygen atoms in total. The molecule has 0 fully saturated rings. The summed E-state index contributed by atoms with van der Waals surface area (Å²) in [5.74, 6) is -0.485. The van der Waals surface area contributed by atoms with Gasteiger partial charge in [0.25, 0.3) is 0 Å². The molecule has 0 spiro atoms. The number of halogens is 1. The number of sulfonamides is 1. The molecular weight excluding hydrogens is 422 g/mol. The molecule has 0 radical (unpaired) electrons. The van der Waals surface area contributed by atoms with E-state index in [-0.39, 0.29) is 16.3 Å². The first-order chi connectivity index (χ1) is 13.2. The third-order valence-electron chi connectivity index (χ3n) is 4.16. The average molecular weight is 440 g/mol. The number of benzene rings is 2. The van der Waals surface area contributed by atoms with E-state index in [1.165, 1.54) is 31.3 Å². The van der Waals surface area contributed by atoms with Crippen LogP contribution >= 0.6 is 22.9 Å². The number of rotatable bonds is 6. The van der Waals surface area contributed by atoms with Crippen molar-refractivity contribution in [1.82, 2.24) is 8.87 Å². The van der Waals surface area contributed by atoms with Gasteiger partial charge in [-0.05, 0) is 49.4 Å². The molecule has 148 valence electrons. The van der Waals surface area contributed by atoms with E-state index in [1.54, 1.807) is 22.8 Å². The molecule has 3 aromatic rings. The zero-order valence-corrected chi connectivity index (χ0v) is 17.6. The van der Waals surface area contributed by atoms with Crippen LogP contribution in [0.3, 0.4) is 0 Å². The third kappa shape index (κ3) is 4.12. The molecule has 3 rings (SSSR count). The van der Waals surface area contributed by atoms with Crippen LogP contribution in [0.25, 0.3) is 10.2 Å². The highest BCUT2D eigenvalue weighted by molar-refractivity contribution is 7.89. The van der Waals surface area contributed by atoms with E-state index in [2.05, 4.69) is 5.32 Å². The first-order valence-corrected chi connectivity index (χ1v) is 11.0. The number of fused-ring (bicyclic) bond motifs is 1. The van der Waals surface area contributed by atoms with Gasteiger partial charge in [-0.15, -0.1) is 0 Å². The molecule has 0 saturated heterocycles. The molecule has 1 amide bonds. The lowest BCUT2D eigenvalue weighted by Gasteiger charge is -2.17. The summed E-state index contributed by atoms with van der Waals surface area (Å²) in [5.41, 5.74) is 1.30. The van der Waals surface area contributed by atoms with Gasteiger partial charge >= 0.3 is 4.87 Å². The minimum atomic E-state index is -3.81. The van der Waals surface area contributed by atoms with Gasteiger partial charge in [0.05, 0.1) is 21.7 Å². The Bertz CT molecular complexity index is 1180. The minimum absolute atomic E-state index is 0.0549. The number of amides is 1. The SMILES string of the molecule is CCn1c(=O)sc2cc(NC(=O)CN(C)S(=O)(=O)c3ccc(Cl)cc3)ccc21. The summed E-state index contributed by atoms with van der Waals surface area (Å²) in [6, 6.07) is 10.9. The summed E-state index contributed by atoms with van der Waals surface area (Å²) in [5, 5.41) is 3.10. The maximum Gasteiger partial charge on any atom is 0.308 e. The number of aromatic nitrogens is 1. The molecule has 2 aromatic carbocycles. The zero-order chi connectivity index (χ0) is 20.5. The van der Waals surface area contributed by atoms with Crippen molar-refractivity contribution in [2.75, 3.05) is 18.9 Å². The van der Waals surface area contributed by atoms with Crippen LogP contribution in [0.15, 0.2) is 52.2 Å². The van der Waals surface area contributed by atoms with Crippen molar-refractivity contribution < 1.29 is 13.2 Å². The van der Waals surface area contributed by atoms with Crippen LogP contribution in [0, 0.1) is 0 Å². The quantitative estimate of drug-likeness (QED) is 0.639. The lowest BCUT2D eigenvalue weighted by atomic mass is 10.3. The lowest BCUT2D eigenvalue weighted by molar-refractivity contribution is -0.116. The van der Waals surface area contributed by atoms with Crippen molar-refractivity contribution in [2.45, 2.75) is 18.4 Å². The second-order valence-corrected chi connectivity index (χ2v) is 9.53. The number of anilines is 1. The molecule has 1 N–H and O–H groups in total. The number of thiazole rings is 1. The van der Waals surface area contributed by atoms with Crippen molar-refractivity contribution in [2.24, 2.45) is 0 Å². The van der Waals surface area contributed by atoms with Gasteiger partial charge < -0.3 is 5.32 Å². The van der Waals surface area contributed by atoms with Crippen molar-refractivity contribution in [3.8, 4) is 0 Å². The van der Waals surface area contributed by atoms with Crippen LogP contribution in [-0.4, -0.2) is 36.8 Å². The smallest absolute Gasteiger partial charge is 0.308 e. The van der Waals surface area contributed by atoms with Crippen LogP contribution in [0.5, 0.6) is 0 Å². The number of aryl methyl sites for hydroxylation is 1. The molecule has 0 aliphatic heterocycles. The molecular formula is C18H18ClN3O4S2. The van der Waals surface area contributed by atoms with Gasteiger partial charge in [-0.3, -0.25) is 14.2 Å². The van der Waals surface area contributed by atoms with Gasteiger partial charge in [-0.25, -0.2) is 8.42 Å². The van der Waals surface area contributed by atoms with Crippen molar-refractivity contribution in [3.63, 3.8) is 0 Å². The molecule has 10 heteroatoms. The largest absolute Gasteiger partial charge is 0.325 e. The number of hydrogen-bond donors (Lipinski definition) is 1. The van der Waals surface area contributed by atoms with Crippen LogP contribution in [0.2, 0.25) is 5.02 Å². The topological polar surface area (TPSA) is 88.5 Å². The van der Waals surface area contributed by atoms with Crippen LogP contribution in [-0.2, 0) is 21.4 Å². The van der Waals surface area contributed by atoms with Gasteiger partial charge in [0, 0.05) is 24.3 Å². The van der Waals surface area contributed by atoms with E-state index in [1.807, 2.05) is 6.92 Å². The summed E-state index contributed by atoms with van der Waals surface area (Å²) in [7, 11) is -2.48. The Kier molecular flexibility index (Phi) is 5.90. The predicted octanol–water partition coefficient (Wildman–Crippen LogP) is 3.00. The Hall–Kier alpha value is -2.20. The molecule has 0 atom stereocenters. The highest BCUT2D eigenvalue weighted by Gasteiger charge is 2.23. The predicted molar refractivity (Wildman–Crippen MR) is 112 cm³/mol. The molecule has 0 bridgehead atoms. The van der Waals surface area contributed by atoms with E-state index >= 15 is 0 Å².